The van der Waals surface area contributed by atoms with E-state index in [9.17, 15) is 0 Å². The predicted octanol–water partition coefficient (Wildman–Crippen LogP) is 6.80. The van der Waals surface area contributed by atoms with E-state index in [-0.39, 0.29) is 41.7 Å². The van der Waals surface area contributed by atoms with E-state index in [1.165, 1.54) is 0 Å². The maximum atomic E-state index is 6.89. The van der Waals surface area contributed by atoms with Gasteiger partial charge in [-0.25, -0.2) is 0 Å². The van der Waals surface area contributed by atoms with Gasteiger partial charge in [-0.15, -0.1) is 0 Å². The van der Waals surface area contributed by atoms with Crippen LogP contribution in [0.15, 0.2) is 24.3 Å². The van der Waals surface area contributed by atoms with Crippen molar-refractivity contribution in [3.05, 3.63) is 29.8 Å². The first kappa shape index (κ1) is 35.5. The minimum Gasteiger partial charge on any atom is -0.399 e. The third-order valence-corrected chi connectivity index (χ3v) is 8.77. The number of hydrogen-bond donors (Lipinski definition) is 0. The van der Waals surface area contributed by atoms with E-state index in [0.29, 0.717) is 33.0 Å². The summed E-state index contributed by atoms with van der Waals surface area (Å²) in [6, 6.07) is 8.43. The molecule has 3 rings (SSSR count). The van der Waals surface area contributed by atoms with Crippen LogP contribution in [0.2, 0.25) is 0 Å². The quantitative estimate of drug-likeness (QED) is 0.130. The molecule has 0 aromatic heterocycles. The second-order valence-electron chi connectivity index (χ2n) is 12.8. The molecule has 1 aromatic rings. The fourth-order valence-corrected chi connectivity index (χ4v) is 5.25. The van der Waals surface area contributed by atoms with Gasteiger partial charge >= 0.3 is 7.12 Å². The van der Waals surface area contributed by atoms with Crippen molar-refractivity contribution in [2.75, 3.05) is 33.0 Å². The average Bonchev–Trinajstić information content (AvgIpc) is 3.19. The van der Waals surface area contributed by atoms with E-state index in [2.05, 4.69) is 79.7 Å². The zero-order valence-electron chi connectivity index (χ0n) is 27.8. The van der Waals surface area contributed by atoms with Crippen LogP contribution in [-0.2, 0) is 33.0 Å². The minimum absolute atomic E-state index is 0.258. The standard InChI is InChI=1S/C34H59BO7/c1-9-13-21-36-25-28-30(37-22-14-10-2)32(39-24-16-12-4)31(38-23-15-11-3)29(40-28)26-17-19-27(20-18-26)35-41-33(5,6)34(7,8)42-35/h17-20,28-32H,9-16,21-25H2,1-8H3/t28-,29+,30-,31+,32+/m1/s1. The Bertz CT molecular complexity index is 861. The largest absolute Gasteiger partial charge is 0.494 e. The molecule has 2 saturated heterocycles. The molecule has 240 valence electrons. The van der Waals surface area contributed by atoms with Crippen molar-refractivity contribution >= 4 is 12.6 Å². The Balaban J connectivity index is 1.91. The summed E-state index contributed by atoms with van der Waals surface area (Å²) in [4.78, 5) is 0. The summed E-state index contributed by atoms with van der Waals surface area (Å²) in [7, 11) is -0.408. The molecule has 0 unspecified atom stereocenters. The highest BCUT2D eigenvalue weighted by Crippen LogP contribution is 2.39. The maximum absolute atomic E-state index is 6.89. The Labute approximate surface area is 256 Å². The number of hydrogen-bond acceptors (Lipinski definition) is 7. The molecule has 8 heteroatoms. The van der Waals surface area contributed by atoms with E-state index < -0.39 is 7.12 Å². The SMILES string of the molecule is CCCCOC[C@H]1O[C@@H](c2ccc(B3OC(C)(C)C(C)(C)O3)cc2)[C@H](OCCCC)[C@@H](OCCCC)[C@@H]1OCCCC. The zero-order chi connectivity index (χ0) is 30.6. The Morgan fingerprint density at radius 1 is 0.643 bits per heavy atom. The van der Waals surface area contributed by atoms with Gasteiger partial charge in [0.05, 0.1) is 17.8 Å². The molecule has 2 heterocycles. The highest BCUT2D eigenvalue weighted by molar-refractivity contribution is 6.62. The second kappa shape index (κ2) is 17.5. The number of rotatable bonds is 19. The Kier molecular flexibility index (Phi) is 14.8. The first-order valence-corrected chi connectivity index (χ1v) is 16.7. The van der Waals surface area contributed by atoms with E-state index in [1.54, 1.807) is 0 Å². The van der Waals surface area contributed by atoms with Crippen LogP contribution in [0.3, 0.4) is 0 Å². The molecule has 0 spiro atoms. The lowest BCUT2D eigenvalue weighted by atomic mass is 9.78. The first-order valence-electron chi connectivity index (χ1n) is 16.7. The van der Waals surface area contributed by atoms with Crippen molar-refractivity contribution in [3.63, 3.8) is 0 Å². The third-order valence-electron chi connectivity index (χ3n) is 8.77. The van der Waals surface area contributed by atoms with Crippen LogP contribution < -0.4 is 5.46 Å². The minimum atomic E-state index is -0.408. The molecule has 2 aliphatic rings. The molecule has 0 aliphatic carbocycles. The normalized spacial score (nSPS) is 27.0. The van der Waals surface area contributed by atoms with Gasteiger partial charge in [-0.3, -0.25) is 0 Å². The number of ether oxygens (including phenoxy) is 5. The lowest BCUT2D eigenvalue weighted by Gasteiger charge is -2.46. The molecule has 0 amide bonds. The van der Waals surface area contributed by atoms with Crippen LogP contribution in [0.5, 0.6) is 0 Å². The van der Waals surface area contributed by atoms with Gasteiger partial charge in [0.1, 0.15) is 30.5 Å². The highest BCUT2D eigenvalue weighted by Gasteiger charge is 2.52. The lowest BCUT2D eigenvalue weighted by Crippen LogP contribution is -2.58. The summed E-state index contributed by atoms with van der Waals surface area (Å²) in [5.41, 5.74) is 1.27. The van der Waals surface area contributed by atoms with Crippen LogP contribution in [0.1, 0.15) is 118 Å². The molecule has 0 N–H and O–H groups in total. The summed E-state index contributed by atoms with van der Waals surface area (Å²) in [5.74, 6) is 0. The maximum Gasteiger partial charge on any atom is 0.494 e. The second-order valence-corrected chi connectivity index (χ2v) is 12.8. The van der Waals surface area contributed by atoms with Crippen LogP contribution in [0, 0.1) is 0 Å². The molecule has 0 radical (unpaired) electrons. The molecule has 0 saturated carbocycles. The highest BCUT2D eigenvalue weighted by atomic mass is 16.7. The van der Waals surface area contributed by atoms with Crippen molar-refractivity contribution in [2.24, 2.45) is 0 Å². The molecular formula is C34H59BO7. The van der Waals surface area contributed by atoms with Gasteiger partial charge in [0.2, 0.25) is 0 Å². The van der Waals surface area contributed by atoms with Gasteiger partial charge in [0, 0.05) is 26.4 Å². The van der Waals surface area contributed by atoms with Gasteiger partial charge in [-0.05, 0) is 64.4 Å². The van der Waals surface area contributed by atoms with Crippen LogP contribution >= 0.6 is 0 Å². The number of unbranched alkanes of at least 4 members (excludes halogenated alkanes) is 4. The van der Waals surface area contributed by atoms with Crippen molar-refractivity contribution < 1.29 is 33.0 Å². The molecule has 5 atom stereocenters. The molecule has 1 aromatic carbocycles. The zero-order valence-corrected chi connectivity index (χ0v) is 27.8. The lowest BCUT2D eigenvalue weighted by molar-refractivity contribution is -0.268. The average molecular weight is 591 g/mol. The molecule has 42 heavy (non-hydrogen) atoms. The van der Waals surface area contributed by atoms with Crippen LogP contribution in [0.4, 0.5) is 0 Å². The van der Waals surface area contributed by atoms with Gasteiger partial charge in [-0.1, -0.05) is 77.6 Å². The van der Waals surface area contributed by atoms with E-state index in [4.69, 9.17) is 33.0 Å². The van der Waals surface area contributed by atoms with E-state index >= 15 is 0 Å². The number of benzene rings is 1. The fourth-order valence-electron chi connectivity index (χ4n) is 5.25. The first-order chi connectivity index (χ1) is 20.2. The summed E-state index contributed by atoms with van der Waals surface area (Å²) in [6.45, 7) is 20.2. The molecule has 0 bridgehead atoms. The Morgan fingerprint density at radius 2 is 1.12 bits per heavy atom. The summed E-state index contributed by atoms with van der Waals surface area (Å²) in [5, 5.41) is 0. The van der Waals surface area contributed by atoms with Crippen LogP contribution in [0.25, 0.3) is 0 Å². The van der Waals surface area contributed by atoms with Crippen molar-refractivity contribution in [1.82, 2.24) is 0 Å². The van der Waals surface area contributed by atoms with Gasteiger partial charge in [0.15, 0.2) is 0 Å². The topological polar surface area (TPSA) is 64.6 Å². The third kappa shape index (κ3) is 9.50. The van der Waals surface area contributed by atoms with Crippen molar-refractivity contribution in [1.29, 1.82) is 0 Å². The van der Waals surface area contributed by atoms with Gasteiger partial charge in [0.25, 0.3) is 0 Å². The van der Waals surface area contributed by atoms with Crippen LogP contribution in [-0.4, -0.2) is 75.8 Å². The molecule has 7 nitrogen and oxygen atoms in total. The van der Waals surface area contributed by atoms with Gasteiger partial charge in [-0.2, -0.15) is 0 Å². The summed E-state index contributed by atoms with van der Waals surface area (Å²) < 4.78 is 45.4. The molecule has 2 fully saturated rings. The van der Waals surface area contributed by atoms with E-state index in [1.807, 2.05) is 0 Å². The predicted molar refractivity (Wildman–Crippen MR) is 169 cm³/mol. The Morgan fingerprint density at radius 3 is 1.64 bits per heavy atom. The monoisotopic (exact) mass is 590 g/mol. The smallest absolute Gasteiger partial charge is 0.399 e. The fraction of sp³-hybridized carbons (Fsp3) is 0.824. The Hall–Kier alpha value is -0.995. The van der Waals surface area contributed by atoms with Gasteiger partial charge < -0.3 is 33.0 Å². The summed E-state index contributed by atoms with van der Waals surface area (Å²) in [6.07, 6.45) is 6.90. The van der Waals surface area contributed by atoms with Crippen molar-refractivity contribution in [2.45, 2.75) is 148 Å². The molecular weight excluding hydrogens is 531 g/mol. The summed E-state index contributed by atoms with van der Waals surface area (Å²) >= 11 is 0. The molecule has 2 aliphatic heterocycles. The van der Waals surface area contributed by atoms with Crippen molar-refractivity contribution in [3.8, 4) is 0 Å². The van der Waals surface area contributed by atoms with E-state index in [0.717, 1.165) is 62.4 Å².